The molecule has 5 atom stereocenters. The van der Waals surface area contributed by atoms with Gasteiger partial charge >= 0.3 is 0 Å². The van der Waals surface area contributed by atoms with Gasteiger partial charge in [-0.25, -0.2) is 0 Å². The third-order valence-corrected chi connectivity index (χ3v) is 4.17. The van der Waals surface area contributed by atoms with E-state index in [0.29, 0.717) is 19.6 Å². The Bertz CT molecular complexity index is 247. The molecule has 20 heavy (non-hydrogen) atoms. The highest BCUT2D eigenvalue weighted by Crippen LogP contribution is 2.24. The summed E-state index contributed by atoms with van der Waals surface area (Å²) in [6.07, 6.45) is -3.45. The van der Waals surface area contributed by atoms with Crippen molar-refractivity contribution in [3.8, 4) is 0 Å². The molecule has 0 bridgehead atoms. The van der Waals surface area contributed by atoms with Crippen LogP contribution in [0.2, 0.25) is 0 Å². The molecule has 5 N–H and O–H groups in total. The van der Waals surface area contributed by atoms with Crippen molar-refractivity contribution in [2.24, 2.45) is 5.73 Å². The molecule has 0 aromatic heterocycles. The van der Waals surface area contributed by atoms with E-state index >= 15 is 0 Å². The van der Waals surface area contributed by atoms with Crippen LogP contribution in [0.5, 0.6) is 0 Å². The van der Waals surface area contributed by atoms with Gasteiger partial charge in [0.2, 0.25) is 0 Å². The quantitative estimate of drug-likeness (QED) is 0.465. The Labute approximate surface area is 125 Å². The Morgan fingerprint density at radius 2 is 1.90 bits per heavy atom. The van der Waals surface area contributed by atoms with Crippen LogP contribution in [0.15, 0.2) is 0 Å². The lowest BCUT2D eigenvalue weighted by Gasteiger charge is -2.40. The van der Waals surface area contributed by atoms with E-state index in [9.17, 15) is 15.3 Å². The molecule has 0 spiro atoms. The largest absolute Gasteiger partial charge is 0.388 e. The summed E-state index contributed by atoms with van der Waals surface area (Å²) in [4.78, 5) is 0. The van der Waals surface area contributed by atoms with Gasteiger partial charge in [-0.05, 0) is 18.6 Å². The van der Waals surface area contributed by atoms with E-state index in [0.717, 1.165) is 17.9 Å². The minimum absolute atomic E-state index is 0. The van der Waals surface area contributed by atoms with Crippen molar-refractivity contribution in [2.75, 3.05) is 24.7 Å². The summed E-state index contributed by atoms with van der Waals surface area (Å²) in [5.41, 5.74) is 5.38. The zero-order chi connectivity index (χ0) is 14.3. The monoisotopic (exact) mass is 311 g/mol. The normalized spacial score (nSPS) is 33.8. The molecule has 1 rings (SSSR count). The number of ether oxygens (including phenoxy) is 2. The molecule has 1 saturated heterocycles. The summed E-state index contributed by atoms with van der Waals surface area (Å²) >= 11 is 1.74. The minimum Gasteiger partial charge on any atom is -0.388 e. The zero-order valence-corrected chi connectivity index (χ0v) is 12.1. The van der Waals surface area contributed by atoms with Gasteiger partial charge in [-0.2, -0.15) is 11.8 Å². The van der Waals surface area contributed by atoms with E-state index in [1.54, 1.807) is 11.8 Å². The summed E-state index contributed by atoms with van der Waals surface area (Å²) in [6, 6.07) is 0. The Morgan fingerprint density at radius 3 is 2.50 bits per heavy atom. The van der Waals surface area contributed by atoms with E-state index in [4.69, 9.17) is 15.2 Å². The molecule has 1 fully saturated rings. The van der Waals surface area contributed by atoms with Crippen molar-refractivity contribution in [1.82, 2.24) is 0 Å². The van der Waals surface area contributed by atoms with Gasteiger partial charge in [0, 0.05) is 18.9 Å². The van der Waals surface area contributed by atoms with Gasteiger partial charge in [0.15, 0.2) is 6.29 Å². The molecule has 0 amide bonds. The second-order valence-corrected chi connectivity index (χ2v) is 5.77. The van der Waals surface area contributed by atoms with Crippen LogP contribution < -0.4 is 5.73 Å². The van der Waals surface area contributed by atoms with E-state index in [1.807, 2.05) is 6.92 Å². The minimum atomic E-state index is -1.19. The maximum absolute atomic E-state index is 9.91. The van der Waals surface area contributed by atoms with Gasteiger partial charge in [-0.15, -0.1) is 0 Å². The van der Waals surface area contributed by atoms with Crippen molar-refractivity contribution in [3.63, 3.8) is 0 Å². The average molecular weight is 311 g/mol. The molecule has 0 aromatic carbocycles. The predicted molar refractivity (Wildman–Crippen MR) is 80.7 cm³/mol. The summed E-state index contributed by atoms with van der Waals surface area (Å²) < 4.78 is 10.6. The third-order valence-electron chi connectivity index (χ3n) is 3.07. The molecule has 122 valence electrons. The molecular formula is C13H29NO5S. The summed E-state index contributed by atoms with van der Waals surface area (Å²) in [5.74, 6) is 1.83. The molecule has 2 unspecified atom stereocenters. The number of hydrogen-bond donors (Lipinski definition) is 4. The predicted octanol–water partition coefficient (Wildman–Crippen LogP) is -0.0613. The fourth-order valence-electron chi connectivity index (χ4n) is 2.00. The Morgan fingerprint density at radius 1 is 1.20 bits per heavy atom. The topological polar surface area (TPSA) is 105 Å². The number of hydrogen-bond acceptors (Lipinski definition) is 7. The first-order chi connectivity index (χ1) is 9.11. The van der Waals surface area contributed by atoms with E-state index in [2.05, 4.69) is 0 Å². The molecule has 0 saturated carbocycles. The highest BCUT2D eigenvalue weighted by atomic mass is 32.2. The van der Waals surface area contributed by atoms with Gasteiger partial charge in [-0.1, -0.05) is 14.4 Å². The second kappa shape index (κ2) is 10.8. The van der Waals surface area contributed by atoms with Crippen LogP contribution in [0.3, 0.4) is 0 Å². The van der Waals surface area contributed by atoms with Crippen molar-refractivity contribution >= 4 is 11.8 Å². The molecule has 1 aliphatic rings. The summed E-state index contributed by atoms with van der Waals surface area (Å²) in [7, 11) is 0. The van der Waals surface area contributed by atoms with Gasteiger partial charge in [0.05, 0.1) is 6.10 Å². The van der Waals surface area contributed by atoms with Crippen LogP contribution in [0.4, 0.5) is 0 Å². The summed E-state index contributed by atoms with van der Waals surface area (Å²) in [6.45, 7) is 2.89. The van der Waals surface area contributed by atoms with Crippen molar-refractivity contribution in [1.29, 1.82) is 0 Å². The Balaban J connectivity index is 0.00000361. The van der Waals surface area contributed by atoms with Gasteiger partial charge < -0.3 is 30.5 Å². The van der Waals surface area contributed by atoms with Crippen LogP contribution in [-0.4, -0.2) is 70.7 Å². The summed E-state index contributed by atoms with van der Waals surface area (Å²) in [5, 5.41) is 29.5. The number of aliphatic hydroxyl groups excluding tert-OH is 3. The van der Waals surface area contributed by atoms with Crippen LogP contribution >= 0.6 is 11.8 Å². The first-order valence-electron chi connectivity index (χ1n) is 6.70. The third kappa shape index (κ3) is 5.85. The maximum Gasteiger partial charge on any atom is 0.184 e. The smallest absolute Gasteiger partial charge is 0.184 e. The number of nitrogens with two attached hydrogens (primary N) is 1. The van der Waals surface area contributed by atoms with Gasteiger partial charge in [0.1, 0.15) is 18.3 Å². The first kappa shape index (κ1) is 20.1. The van der Waals surface area contributed by atoms with Crippen molar-refractivity contribution in [3.05, 3.63) is 0 Å². The molecule has 0 radical (unpaired) electrons. The van der Waals surface area contributed by atoms with Crippen LogP contribution in [0.1, 0.15) is 27.2 Å². The maximum atomic E-state index is 9.91. The van der Waals surface area contributed by atoms with E-state index in [-0.39, 0.29) is 7.43 Å². The fourth-order valence-corrected chi connectivity index (χ4v) is 2.70. The lowest BCUT2D eigenvalue weighted by Crippen LogP contribution is -2.58. The fraction of sp³-hybridized carbons (Fsp3) is 1.00. The van der Waals surface area contributed by atoms with Gasteiger partial charge in [-0.3, -0.25) is 0 Å². The number of thioether (sulfide) groups is 1. The molecule has 1 aliphatic heterocycles. The number of aliphatic hydroxyl groups is 3. The van der Waals surface area contributed by atoms with Crippen LogP contribution in [0, 0.1) is 0 Å². The van der Waals surface area contributed by atoms with Crippen molar-refractivity contribution in [2.45, 2.75) is 57.9 Å². The Hall–Kier alpha value is 0.110. The van der Waals surface area contributed by atoms with E-state index in [1.165, 1.54) is 0 Å². The lowest BCUT2D eigenvalue weighted by molar-refractivity contribution is -0.292. The van der Waals surface area contributed by atoms with E-state index < -0.39 is 30.7 Å². The zero-order valence-electron chi connectivity index (χ0n) is 11.3. The highest BCUT2D eigenvalue weighted by Gasteiger charge is 2.43. The molecule has 7 heteroatoms. The second-order valence-electron chi connectivity index (χ2n) is 4.54. The standard InChI is InChI=1S/C12H25NO5S.CH4/c1-2-8-9(14)10(15)11(12(16)18-8)17-5-3-6-19-7-4-13;/h8-12,14-16H,2-7,13H2,1H3;1H4/t8?,9-,10+,11?,12+;/m1./s1. The molecule has 0 aromatic rings. The SMILES string of the molecule is C.CCC1O[C@H](O)C(OCCCSCCN)[C@@H](O)[C@@H]1O. The first-order valence-corrected chi connectivity index (χ1v) is 7.86. The Kier molecular flexibility index (Phi) is 10.8. The van der Waals surface area contributed by atoms with Gasteiger partial charge in [0.25, 0.3) is 0 Å². The lowest BCUT2D eigenvalue weighted by atomic mass is 9.97. The van der Waals surface area contributed by atoms with Crippen LogP contribution in [0.25, 0.3) is 0 Å². The highest BCUT2D eigenvalue weighted by molar-refractivity contribution is 7.99. The average Bonchev–Trinajstić information content (AvgIpc) is 2.41. The van der Waals surface area contributed by atoms with Crippen LogP contribution in [-0.2, 0) is 9.47 Å². The molecule has 6 nitrogen and oxygen atoms in total. The molecule has 0 aliphatic carbocycles. The molecular weight excluding hydrogens is 282 g/mol. The van der Waals surface area contributed by atoms with Crippen molar-refractivity contribution < 1.29 is 24.8 Å². The number of rotatable bonds is 8. The molecule has 1 heterocycles.